The van der Waals surface area contributed by atoms with Gasteiger partial charge in [-0.3, -0.25) is 4.57 Å². The van der Waals surface area contributed by atoms with Crippen LogP contribution in [0.15, 0.2) is 89.5 Å². The van der Waals surface area contributed by atoms with Gasteiger partial charge in [0, 0.05) is 16.6 Å². The lowest BCUT2D eigenvalue weighted by molar-refractivity contribution is -0.274. The first-order valence-corrected chi connectivity index (χ1v) is 13.9. The molecule has 5 rings (SSSR count). The SMILES string of the molecule is CCc1ccccc1-n1c(C)cs/c1=N\C(=O)NC(C#N)c1ccc(-c2ncn(-c3ccc(OC(F)(F)F)cc3)n2)cc1. The van der Waals surface area contributed by atoms with E-state index in [0.29, 0.717) is 27.4 Å². The Labute approximate surface area is 248 Å². The second-order valence-electron chi connectivity index (χ2n) is 9.28. The summed E-state index contributed by atoms with van der Waals surface area (Å²) in [5.41, 5.74) is 4.67. The van der Waals surface area contributed by atoms with Gasteiger partial charge in [0.25, 0.3) is 0 Å². The third kappa shape index (κ3) is 6.82. The summed E-state index contributed by atoms with van der Waals surface area (Å²) in [4.78, 5) is 21.9. The van der Waals surface area contributed by atoms with Crippen molar-refractivity contribution in [2.75, 3.05) is 0 Å². The Bertz CT molecular complexity index is 1850. The molecule has 13 heteroatoms. The standard InChI is InChI=1S/C30H24F3N7O2S/c1-3-20-6-4-5-7-26(20)40-19(2)17-43-29(40)37-28(41)36-25(16-34)21-8-10-22(11-9-21)27-35-18-39(38-27)23-12-14-24(15-13-23)42-30(31,32)33/h4-15,17-18,25H,3H2,1-2H3,(H,36,41)/b37-29-. The molecule has 0 saturated heterocycles. The number of para-hydroxylation sites is 1. The van der Waals surface area contributed by atoms with E-state index in [1.807, 2.05) is 41.1 Å². The van der Waals surface area contributed by atoms with Crippen LogP contribution in [0.5, 0.6) is 5.75 Å². The van der Waals surface area contributed by atoms with E-state index in [0.717, 1.165) is 23.4 Å². The number of aromatic nitrogens is 4. The van der Waals surface area contributed by atoms with Gasteiger partial charge in [-0.15, -0.1) is 29.6 Å². The van der Waals surface area contributed by atoms with Gasteiger partial charge in [0.05, 0.1) is 17.4 Å². The van der Waals surface area contributed by atoms with Crippen LogP contribution in [0, 0.1) is 18.3 Å². The van der Waals surface area contributed by atoms with Crippen molar-refractivity contribution in [2.24, 2.45) is 4.99 Å². The van der Waals surface area contributed by atoms with Crippen LogP contribution in [0.1, 0.15) is 29.8 Å². The predicted molar refractivity (Wildman–Crippen MR) is 154 cm³/mol. The number of nitrogens with zero attached hydrogens (tertiary/aromatic N) is 6. The van der Waals surface area contributed by atoms with Crippen LogP contribution in [0.25, 0.3) is 22.8 Å². The smallest absolute Gasteiger partial charge is 0.406 e. The predicted octanol–water partition coefficient (Wildman–Crippen LogP) is 6.43. The van der Waals surface area contributed by atoms with E-state index >= 15 is 0 Å². The number of nitrogens with one attached hydrogen (secondary N) is 1. The Balaban J connectivity index is 1.30. The summed E-state index contributed by atoms with van der Waals surface area (Å²) in [6.07, 6.45) is -2.52. The van der Waals surface area contributed by atoms with Crippen molar-refractivity contribution in [1.29, 1.82) is 5.26 Å². The van der Waals surface area contributed by atoms with Crippen LogP contribution >= 0.6 is 11.3 Å². The third-order valence-corrected chi connectivity index (χ3v) is 7.36. The topological polar surface area (TPSA) is 110 Å². The van der Waals surface area contributed by atoms with Crippen LogP contribution < -0.4 is 14.9 Å². The normalized spacial score (nSPS) is 12.5. The maximum absolute atomic E-state index is 12.9. The van der Waals surface area contributed by atoms with Gasteiger partial charge in [0.1, 0.15) is 18.1 Å². The molecule has 5 aromatic rings. The van der Waals surface area contributed by atoms with Crippen LogP contribution in [0.3, 0.4) is 0 Å². The Morgan fingerprint density at radius 3 is 2.51 bits per heavy atom. The number of benzene rings is 3. The number of nitriles is 1. The molecule has 2 heterocycles. The molecule has 0 aliphatic rings. The Morgan fingerprint density at radius 2 is 1.84 bits per heavy atom. The number of carbonyl (C=O) groups excluding carboxylic acids is 1. The summed E-state index contributed by atoms with van der Waals surface area (Å²) in [6, 6.07) is 20.4. The molecule has 0 fully saturated rings. The highest BCUT2D eigenvalue weighted by Gasteiger charge is 2.31. The molecule has 0 aliphatic heterocycles. The molecular formula is C30H24F3N7O2S. The fourth-order valence-corrected chi connectivity index (χ4v) is 5.23. The summed E-state index contributed by atoms with van der Waals surface area (Å²) in [5.74, 6) is 0.0188. The lowest BCUT2D eigenvalue weighted by atomic mass is 10.1. The molecule has 9 nitrogen and oxygen atoms in total. The molecule has 2 aromatic heterocycles. The number of hydrogen-bond acceptors (Lipinski definition) is 6. The van der Waals surface area contributed by atoms with Crippen molar-refractivity contribution in [2.45, 2.75) is 32.7 Å². The second-order valence-corrected chi connectivity index (χ2v) is 10.1. The maximum atomic E-state index is 12.9. The average Bonchev–Trinajstić information content (AvgIpc) is 3.62. The first-order valence-electron chi connectivity index (χ1n) is 13.0. The van der Waals surface area contributed by atoms with Gasteiger partial charge >= 0.3 is 12.4 Å². The van der Waals surface area contributed by atoms with E-state index in [1.165, 1.54) is 46.6 Å². The molecule has 3 aromatic carbocycles. The molecule has 0 aliphatic carbocycles. The summed E-state index contributed by atoms with van der Waals surface area (Å²) in [5, 5.41) is 18.8. The van der Waals surface area contributed by atoms with Gasteiger partial charge in [-0.05, 0) is 54.8 Å². The number of hydrogen-bond donors (Lipinski definition) is 1. The largest absolute Gasteiger partial charge is 0.573 e. The molecule has 218 valence electrons. The number of halogens is 3. The van der Waals surface area contributed by atoms with E-state index in [2.05, 4.69) is 38.1 Å². The molecule has 0 radical (unpaired) electrons. The molecule has 2 amide bonds. The highest BCUT2D eigenvalue weighted by Crippen LogP contribution is 2.25. The summed E-state index contributed by atoms with van der Waals surface area (Å²) in [7, 11) is 0. The molecule has 1 atom stereocenters. The van der Waals surface area contributed by atoms with E-state index in [4.69, 9.17) is 0 Å². The molecular weight excluding hydrogens is 579 g/mol. The minimum Gasteiger partial charge on any atom is -0.406 e. The average molecular weight is 604 g/mol. The lowest BCUT2D eigenvalue weighted by Crippen LogP contribution is -2.28. The van der Waals surface area contributed by atoms with Crippen molar-refractivity contribution < 1.29 is 22.7 Å². The zero-order valence-corrected chi connectivity index (χ0v) is 23.7. The van der Waals surface area contributed by atoms with Crippen molar-refractivity contribution >= 4 is 17.4 Å². The number of urea groups is 1. The first kappa shape index (κ1) is 29.3. The highest BCUT2D eigenvalue weighted by atomic mass is 32.1. The van der Waals surface area contributed by atoms with Crippen molar-refractivity contribution in [1.82, 2.24) is 24.6 Å². The fraction of sp³-hybridized carbons (Fsp3) is 0.167. The van der Waals surface area contributed by atoms with E-state index in [1.54, 1.807) is 24.3 Å². The van der Waals surface area contributed by atoms with E-state index in [9.17, 15) is 23.2 Å². The molecule has 0 bridgehead atoms. The van der Waals surface area contributed by atoms with Crippen molar-refractivity contribution in [3.05, 3.63) is 106 Å². The van der Waals surface area contributed by atoms with Crippen molar-refractivity contribution in [3.63, 3.8) is 0 Å². The Hall–Kier alpha value is -5.22. The summed E-state index contributed by atoms with van der Waals surface area (Å²) in [6.45, 7) is 4.01. The molecule has 1 N–H and O–H groups in total. The summed E-state index contributed by atoms with van der Waals surface area (Å²) >= 11 is 1.34. The lowest BCUT2D eigenvalue weighted by Gasteiger charge is -2.12. The van der Waals surface area contributed by atoms with Crippen LogP contribution in [0.2, 0.25) is 0 Å². The second kappa shape index (κ2) is 12.3. The molecule has 43 heavy (non-hydrogen) atoms. The zero-order chi connectivity index (χ0) is 30.6. The first-order chi connectivity index (χ1) is 20.6. The van der Waals surface area contributed by atoms with Gasteiger partial charge in [0.2, 0.25) is 0 Å². The molecule has 0 saturated carbocycles. The Morgan fingerprint density at radius 1 is 1.12 bits per heavy atom. The maximum Gasteiger partial charge on any atom is 0.573 e. The van der Waals surface area contributed by atoms with Gasteiger partial charge < -0.3 is 10.1 Å². The van der Waals surface area contributed by atoms with Gasteiger partial charge in [-0.1, -0.05) is 49.4 Å². The monoisotopic (exact) mass is 603 g/mol. The van der Waals surface area contributed by atoms with Gasteiger partial charge in [-0.2, -0.15) is 10.3 Å². The van der Waals surface area contributed by atoms with Gasteiger partial charge in [-0.25, -0.2) is 14.5 Å². The minimum absolute atomic E-state index is 0.342. The molecule has 0 spiro atoms. The number of aryl methyl sites for hydroxylation is 2. The zero-order valence-electron chi connectivity index (χ0n) is 22.9. The number of thiazole rings is 1. The summed E-state index contributed by atoms with van der Waals surface area (Å²) < 4.78 is 44.5. The number of amides is 2. The quantitative estimate of drug-likeness (QED) is 0.231. The van der Waals surface area contributed by atoms with Crippen molar-refractivity contribution in [3.8, 4) is 34.6 Å². The Kier molecular flexibility index (Phi) is 8.40. The number of rotatable bonds is 7. The van der Waals surface area contributed by atoms with Crippen LogP contribution in [-0.4, -0.2) is 31.7 Å². The highest BCUT2D eigenvalue weighted by molar-refractivity contribution is 7.07. The fourth-order valence-electron chi connectivity index (χ4n) is 4.37. The number of carbonyl (C=O) groups is 1. The molecule has 1 unspecified atom stereocenters. The minimum atomic E-state index is -4.77. The van der Waals surface area contributed by atoms with E-state index < -0.39 is 18.4 Å². The number of ether oxygens (including phenoxy) is 1. The van der Waals surface area contributed by atoms with Gasteiger partial charge in [0.15, 0.2) is 10.6 Å². The number of alkyl halides is 3. The third-order valence-electron chi connectivity index (χ3n) is 6.42. The van der Waals surface area contributed by atoms with Crippen LogP contribution in [0.4, 0.5) is 18.0 Å². The van der Waals surface area contributed by atoms with E-state index in [-0.39, 0.29) is 5.75 Å². The van der Waals surface area contributed by atoms with Crippen LogP contribution in [-0.2, 0) is 6.42 Å².